The van der Waals surface area contributed by atoms with Gasteiger partial charge in [-0.2, -0.15) is 0 Å². The van der Waals surface area contributed by atoms with Gasteiger partial charge in [0.25, 0.3) is 5.91 Å². The van der Waals surface area contributed by atoms with Crippen LogP contribution in [0, 0.1) is 5.92 Å². The van der Waals surface area contributed by atoms with Crippen molar-refractivity contribution in [1.29, 1.82) is 0 Å². The Labute approximate surface area is 161 Å². The summed E-state index contributed by atoms with van der Waals surface area (Å²) in [6.45, 7) is 3.39. The van der Waals surface area contributed by atoms with Gasteiger partial charge in [-0.1, -0.05) is 54.8 Å². The fourth-order valence-electron chi connectivity index (χ4n) is 4.38. The molecule has 27 heavy (non-hydrogen) atoms. The molecule has 0 unspecified atom stereocenters. The molecule has 1 N–H and O–H groups in total. The molecule has 2 aromatic rings. The first kappa shape index (κ1) is 18.2. The fraction of sp³-hybridized carbons (Fsp3) is 0.545. The van der Waals surface area contributed by atoms with E-state index in [2.05, 4.69) is 15.4 Å². The number of nitrogens with one attached hydrogen (secondary N) is 1. The van der Waals surface area contributed by atoms with E-state index in [9.17, 15) is 4.79 Å². The SMILES string of the molecule is O=C(NC1CCN(CC2CCCCC2)CC1)c1cc(-c2ccccc2)no1. The quantitative estimate of drug-likeness (QED) is 0.864. The van der Waals surface area contributed by atoms with E-state index < -0.39 is 0 Å². The van der Waals surface area contributed by atoms with Gasteiger partial charge in [0.2, 0.25) is 5.76 Å². The van der Waals surface area contributed by atoms with E-state index >= 15 is 0 Å². The number of hydrogen-bond donors (Lipinski definition) is 1. The van der Waals surface area contributed by atoms with Crippen molar-refractivity contribution < 1.29 is 9.32 Å². The normalized spacial score (nSPS) is 19.9. The summed E-state index contributed by atoms with van der Waals surface area (Å²) >= 11 is 0. The molecule has 1 saturated heterocycles. The second-order valence-electron chi connectivity index (χ2n) is 7.99. The molecule has 1 aliphatic heterocycles. The third-order valence-corrected chi connectivity index (χ3v) is 5.97. The summed E-state index contributed by atoms with van der Waals surface area (Å²) in [4.78, 5) is 15.1. The van der Waals surface area contributed by atoms with E-state index in [0.717, 1.165) is 37.4 Å². The Balaban J connectivity index is 1.25. The zero-order valence-corrected chi connectivity index (χ0v) is 15.9. The highest BCUT2D eigenvalue weighted by atomic mass is 16.5. The van der Waals surface area contributed by atoms with Gasteiger partial charge in [-0.25, -0.2) is 0 Å². The molecular formula is C22H29N3O2. The predicted molar refractivity (Wildman–Crippen MR) is 105 cm³/mol. The summed E-state index contributed by atoms with van der Waals surface area (Å²) in [6.07, 6.45) is 9.03. The Hall–Kier alpha value is -2.14. The molecule has 0 radical (unpaired) electrons. The molecule has 1 aromatic carbocycles. The van der Waals surface area contributed by atoms with Gasteiger partial charge in [-0.05, 0) is 31.6 Å². The average Bonchev–Trinajstić information content (AvgIpc) is 3.21. The van der Waals surface area contributed by atoms with Gasteiger partial charge in [-0.15, -0.1) is 0 Å². The molecule has 2 fully saturated rings. The second-order valence-corrected chi connectivity index (χ2v) is 7.99. The number of carbonyl (C=O) groups is 1. The third-order valence-electron chi connectivity index (χ3n) is 5.97. The summed E-state index contributed by atoms with van der Waals surface area (Å²) in [5.74, 6) is 1.02. The first-order valence-corrected chi connectivity index (χ1v) is 10.3. The summed E-state index contributed by atoms with van der Waals surface area (Å²) in [7, 11) is 0. The molecule has 0 bridgehead atoms. The van der Waals surface area contributed by atoms with Crippen LogP contribution < -0.4 is 5.32 Å². The van der Waals surface area contributed by atoms with Gasteiger partial charge >= 0.3 is 0 Å². The number of amides is 1. The van der Waals surface area contributed by atoms with E-state index in [4.69, 9.17) is 4.52 Å². The zero-order valence-electron chi connectivity index (χ0n) is 15.9. The second kappa shape index (κ2) is 8.70. The summed E-state index contributed by atoms with van der Waals surface area (Å²) in [5.41, 5.74) is 1.65. The lowest BCUT2D eigenvalue weighted by atomic mass is 9.88. The molecule has 1 aliphatic carbocycles. The molecule has 2 heterocycles. The largest absolute Gasteiger partial charge is 0.350 e. The highest BCUT2D eigenvalue weighted by Gasteiger charge is 2.25. The van der Waals surface area contributed by atoms with Crippen LogP contribution in [0.3, 0.4) is 0 Å². The van der Waals surface area contributed by atoms with Crippen LogP contribution in [0.5, 0.6) is 0 Å². The first-order valence-electron chi connectivity index (χ1n) is 10.3. The van der Waals surface area contributed by atoms with Gasteiger partial charge in [0, 0.05) is 37.3 Å². The van der Waals surface area contributed by atoms with Gasteiger partial charge in [0.15, 0.2) is 0 Å². The van der Waals surface area contributed by atoms with Crippen molar-refractivity contribution >= 4 is 5.91 Å². The van der Waals surface area contributed by atoms with Gasteiger partial charge in [0.05, 0.1) is 0 Å². The van der Waals surface area contributed by atoms with Crippen molar-refractivity contribution in [1.82, 2.24) is 15.4 Å². The Morgan fingerprint density at radius 2 is 1.81 bits per heavy atom. The minimum atomic E-state index is -0.157. The number of hydrogen-bond acceptors (Lipinski definition) is 4. The molecule has 1 aromatic heterocycles. The third kappa shape index (κ3) is 4.78. The van der Waals surface area contributed by atoms with Gasteiger partial charge in [-0.3, -0.25) is 4.79 Å². The lowest BCUT2D eigenvalue weighted by Crippen LogP contribution is -2.45. The molecule has 0 spiro atoms. The lowest BCUT2D eigenvalue weighted by molar-refractivity contribution is 0.0865. The minimum absolute atomic E-state index is 0.157. The lowest BCUT2D eigenvalue weighted by Gasteiger charge is -2.35. The van der Waals surface area contributed by atoms with E-state index in [1.54, 1.807) is 6.07 Å². The van der Waals surface area contributed by atoms with Crippen LogP contribution in [-0.2, 0) is 0 Å². The Kier molecular flexibility index (Phi) is 5.87. The van der Waals surface area contributed by atoms with Crippen LogP contribution in [0.25, 0.3) is 11.3 Å². The van der Waals surface area contributed by atoms with Crippen molar-refractivity contribution in [3.63, 3.8) is 0 Å². The number of rotatable bonds is 5. The summed E-state index contributed by atoms with van der Waals surface area (Å²) in [5, 5.41) is 7.16. The van der Waals surface area contributed by atoms with Gasteiger partial charge in [0.1, 0.15) is 5.69 Å². The van der Waals surface area contributed by atoms with E-state index in [1.165, 1.54) is 38.6 Å². The Morgan fingerprint density at radius 3 is 2.56 bits per heavy atom. The maximum absolute atomic E-state index is 12.5. The van der Waals surface area contributed by atoms with Crippen molar-refractivity contribution in [3.05, 3.63) is 42.2 Å². The average molecular weight is 367 g/mol. The number of benzene rings is 1. The van der Waals surface area contributed by atoms with Crippen molar-refractivity contribution in [3.8, 4) is 11.3 Å². The fourth-order valence-corrected chi connectivity index (χ4v) is 4.38. The summed E-state index contributed by atoms with van der Waals surface area (Å²) < 4.78 is 5.27. The highest BCUT2D eigenvalue weighted by molar-refractivity contribution is 5.92. The van der Waals surface area contributed by atoms with E-state index in [0.29, 0.717) is 11.5 Å². The van der Waals surface area contributed by atoms with Crippen LogP contribution >= 0.6 is 0 Å². The number of aromatic nitrogens is 1. The number of nitrogens with zero attached hydrogens (tertiary/aromatic N) is 2. The van der Waals surface area contributed by atoms with E-state index in [-0.39, 0.29) is 11.9 Å². The molecule has 144 valence electrons. The van der Waals surface area contributed by atoms with Crippen molar-refractivity contribution in [2.75, 3.05) is 19.6 Å². The molecule has 0 atom stereocenters. The molecule has 5 nitrogen and oxygen atoms in total. The monoisotopic (exact) mass is 367 g/mol. The highest BCUT2D eigenvalue weighted by Crippen LogP contribution is 2.25. The van der Waals surface area contributed by atoms with Crippen LogP contribution in [0.1, 0.15) is 55.5 Å². The molecule has 1 amide bonds. The minimum Gasteiger partial charge on any atom is -0.350 e. The van der Waals surface area contributed by atoms with Crippen molar-refractivity contribution in [2.24, 2.45) is 5.92 Å². The Morgan fingerprint density at radius 1 is 1.07 bits per heavy atom. The molecular weight excluding hydrogens is 338 g/mol. The van der Waals surface area contributed by atoms with E-state index in [1.807, 2.05) is 30.3 Å². The first-order chi connectivity index (χ1) is 13.3. The van der Waals surface area contributed by atoms with Crippen LogP contribution in [0.15, 0.2) is 40.9 Å². The van der Waals surface area contributed by atoms with Crippen LogP contribution in [-0.4, -0.2) is 41.6 Å². The molecule has 5 heteroatoms. The number of likely N-dealkylation sites (tertiary alicyclic amines) is 1. The van der Waals surface area contributed by atoms with Crippen LogP contribution in [0.2, 0.25) is 0 Å². The molecule has 2 aliphatic rings. The predicted octanol–water partition coefficient (Wildman–Crippen LogP) is 4.12. The van der Waals surface area contributed by atoms with Gasteiger partial charge < -0.3 is 14.7 Å². The number of carbonyl (C=O) groups excluding carboxylic acids is 1. The molecule has 1 saturated carbocycles. The molecule has 4 rings (SSSR count). The van der Waals surface area contributed by atoms with Crippen molar-refractivity contribution in [2.45, 2.75) is 51.0 Å². The number of piperidine rings is 1. The zero-order chi connectivity index (χ0) is 18.5. The Bertz CT molecular complexity index is 729. The standard InChI is InChI=1S/C22H29N3O2/c26-22(21-15-20(24-27-21)18-9-5-2-6-10-18)23-19-11-13-25(14-12-19)16-17-7-3-1-4-8-17/h2,5-6,9-10,15,17,19H,1,3-4,7-8,11-14,16H2,(H,23,26). The maximum Gasteiger partial charge on any atom is 0.290 e. The van der Waals surface area contributed by atoms with Crippen LogP contribution in [0.4, 0.5) is 0 Å². The maximum atomic E-state index is 12.5. The summed E-state index contributed by atoms with van der Waals surface area (Å²) in [6, 6.07) is 11.7. The topological polar surface area (TPSA) is 58.4 Å². The smallest absolute Gasteiger partial charge is 0.290 e.